The number of benzene rings is 1. The molecule has 1 aliphatic heterocycles. The van der Waals surface area contributed by atoms with Crippen LogP contribution in [-0.2, 0) is 4.74 Å². The van der Waals surface area contributed by atoms with Crippen molar-refractivity contribution in [2.45, 2.75) is 12.8 Å². The van der Waals surface area contributed by atoms with Gasteiger partial charge in [-0.05, 0) is 43.0 Å². The fraction of sp³-hybridized carbons (Fsp3) is 0.375. The topological polar surface area (TPSA) is 71.5 Å². The van der Waals surface area contributed by atoms with Crippen LogP contribution in [0.5, 0.6) is 0 Å². The normalized spacial score (nSPS) is 16.0. The van der Waals surface area contributed by atoms with Crippen molar-refractivity contribution in [2.75, 3.05) is 25.1 Å². The van der Waals surface area contributed by atoms with Crippen molar-refractivity contribution in [3.63, 3.8) is 0 Å². The van der Waals surface area contributed by atoms with Gasteiger partial charge in [-0.25, -0.2) is 9.78 Å². The second-order valence-corrected chi connectivity index (χ2v) is 5.31. The first-order chi connectivity index (χ1) is 10.2. The molecule has 110 valence electrons. The summed E-state index contributed by atoms with van der Waals surface area (Å²) in [5.74, 6) is 0.475. The van der Waals surface area contributed by atoms with Crippen molar-refractivity contribution in [3.8, 4) is 0 Å². The van der Waals surface area contributed by atoms with Crippen LogP contribution >= 0.6 is 0 Å². The lowest BCUT2D eigenvalue weighted by molar-refractivity contribution is 0.0696. The molecule has 3 rings (SSSR count). The van der Waals surface area contributed by atoms with E-state index in [0.717, 1.165) is 38.4 Å². The van der Waals surface area contributed by atoms with Gasteiger partial charge in [0.05, 0.1) is 11.1 Å². The van der Waals surface area contributed by atoms with E-state index in [2.05, 4.69) is 10.3 Å². The van der Waals surface area contributed by atoms with Crippen molar-refractivity contribution in [3.05, 3.63) is 35.9 Å². The van der Waals surface area contributed by atoms with E-state index in [1.807, 2.05) is 18.2 Å². The average molecular weight is 286 g/mol. The average Bonchev–Trinajstić information content (AvgIpc) is 2.53. The second-order valence-electron chi connectivity index (χ2n) is 5.31. The van der Waals surface area contributed by atoms with Crippen LogP contribution in [0.15, 0.2) is 30.3 Å². The summed E-state index contributed by atoms with van der Waals surface area (Å²) < 4.78 is 5.35. The molecule has 2 aromatic rings. The number of hydrogen-bond acceptors (Lipinski definition) is 4. The van der Waals surface area contributed by atoms with Crippen LogP contribution in [0.4, 0.5) is 5.82 Å². The van der Waals surface area contributed by atoms with Gasteiger partial charge in [0.25, 0.3) is 0 Å². The molecule has 1 aromatic heterocycles. The van der Waals surface area contributed by atoms with E-state index in [0.29, 0.717) is 16.8 Å². The van der Waals surface area contributed by atoms with Crippen LogP contribution in [0, 0.1) is 5.92 Å². The molecule has 0 aliphatic carbocycles. The van der Waals surface area contributed by atoms with Gasteiger partial charge in [0, 0.05) is 25.1 Å². The Hall–Kier alpha value is -2.14. The Morgan fingerprint density at radius 2 is 2.10 bits per heavy atom. The second kappa shape index (κ2) is 6.10. The molecule has 1 saturated heterocycles. The highest BCUT2D eigenvalue weighted by Crippen LogP contribution is 2.20. The lowest BCUT2D eigenvalue weighted by Crippen LogP contribution is -2.22. The lowest BCUT2D eigenvalue weighted by Gasteiger charge is -2.22. The summed E-state index contributed by atoms with van der Waals surface area (Å²) in [5, 5.41) is 13.2. The number of nitrogens with one attached hydrogen (secondary N) is 1. The van der Waals surface area contributed by atoms with E-state index >= 15 is 0 Å². The summed E-state index contributed by atoms with van der Waals surface area (Å²) in [7, 11) is 0. The third kappa shape index (κ3) is 3.13. The molecular weight excluding hydrogens is 268 g/mol. The van der Waals surface area contributed by atoms with Crippen LogP contribution in [0.2, 0.25) is 0 Å². The number of fused-ring (bicyclic) bond motifs is 1. The van der Waals surface area contributed by atoms with E-state index < -0.39 is 5.97 Å². The van der Waals surface area contributed by atoms with Gasteiger partial charge < -0.3 is 15.2 Å². The molecule has 0 amide bonds. The molecule has 1 aromatic carbocycles. The highest BCUT2D eigenvalue weighted by atomic mass is 16.5. The SMILES string of the molecule is O=C(O)c1cccc2nc(NCC3CCOCC3)ccc12. The molecule has 0 bridgehead atoms. The minimum atomic E-state index is -0.926. The third-order valence-corrected chi connectivity index (χ3v) is 3.88. The molecule has 21 heavy (non-hydrogen) atoms. The number of nitrogens with zero attached hydrogens (tertiary/aromatic N) is 1. The number of carboxylic acids is 1. The van der Waals surface area contributed by atoms with Crippen molar-refractivity contribution in [1.82, 2.24) is 4.98 Å². The Labute approximate surface area is 123 Å². The zero-order chi connectivity index (χ0) is 14.7. The number of rotatable bonds is 4. The van der Waals surface area contributed by atoms with Crippen LogP contribution < -0.4 is 5.32 Å². The van der Waals surface area contributed by atoms with Gasteiger partial charge in [0.15, 0.2) is 0 Å². The standard InChI is InChI=1S/C16H18N2O3/c19-16(20)13-2-1-3-14-12(13)4-5-15(18-14)17-10-11-6-8-21-9-7-11/h1-5,11H,6-10H2,(H,17,18)(H,19,20). The number of hydrogen-bond donors (Lipinski definition) is 2. The van der Waals surface area contributed by atoms with E-state index in [1.165, 1.54) is 0 Å². The summed E-state index contributed by atoms with van der Waals surface area (Å²) >= 11 is 0. The van der Waals surface area contributed by atoms with Crippen LogP contribution in [0.25, 0.3) is 10.9 Å². The van der Waals surface area contributed by atoms with Crippen molar-refractivity contribution in [2.24, 2.45) is 5.92 Å². The number of carboxylic acid groups (broad SMARTS) is 1. The van der Waals surface area contributed by atoms with Gasteiger partial charge >= 0.3 is 5.97 Å². The van der Waals surface area contributed by atoms with Crippen LogP contribution in [-0.4, -0.2) is 35.8 Å². The molecular formula is C16H18N2O3. The van der Waals surface area contributed by atoms with Crippen molar-refractivity contribution in [1.29, 1.82) is 0 Å². The molecule has 1 aliphatic rings. The molecule has 0 saturated carbocycles. The van der Waals surface area contributed by atoms with Gasteiger partial charge in [-0.1, -0.05) is 6.07 Å². The molecule has 2 N–H and O–H groups in total. The maximum atomic E-state index is 11.2. The Morgan fingerprint density at radius 1 is 1.29 bits per heavy atom. The summed E-state index contributed by atoms with van der Waals surface area (Å²) in [6.07, 6.45) is 2.15. The highest BCUT2D eigenvalue weighted by molar-refractivity contribution is 6.02. The number of anilines is 1. The first-order valence-corrected chi connectivity index (χ1v) is 7.19. The Morgan fingerprint density at radius 3 is 2.86 bits per heavy atom. The molecule has 0 unspecified atom stereocenters. The molecule has 5 heteroatoms. The molecule has 5 nitrogen and oxygen atoms in total. The van der Waals surface area contributed by atoms with Gasteiger partial charge in [-0.15, -0.1) is 0 Å². The van der Waals surface area contributed by atoms with Crippen molar-refractivity contribution >= 4 is 22.7 Å². The molecule has 0 radical (unpaired) electrons. The predicted octanol–water partition coefficient (Wildman–Crippen LogP) is 2.77. The number of aromatic carboxylic acids is 1. The smallest absolute Gasteiger partial charge is 0.336 e. The van der Waals surface area contributed by atoms with Gasteiger partial charge in [0.2, 0.25) is 0 Å². The van der Waals surface area contributed by atoms with E-state index in [4.69, 9.17) is 4.74 Å². The van der Waals surface area contributed by atoms with Crippen molar-refractivity contribution < 1.29 is 14.6 Å². The van der Waals surface area contributed by atoms with Crippen LogP contribution in [0.1, 0.15) is 23.2 Å². The third-order valence-electron chi connectivity index (χ3n) is 3.88. The van der Waals surface area contributed by atoms with E-state index in [-0.39, 0.29) is 5.56 Å². The number of pyridine rings is 1. The predicted molar refractivity (Wildman–Crippen MR) is 80.7 cm³/mol. The molecule has 0 atom stereocenters. The summed E-state index contributed by atoms with van der Waals surface area (Å²) in [5.41, 5.74) is 0.989. The van der Waals surface area contributed by atoms with Gasteiger partial charge in [-0.2, -0.15) is 0 Å². The quantitative estimate of drug-likeness (QED) is 0.904. The van der Waals surface area contributed by atoms with Gasteiger partial charge in [0.1, 0.15) is 5.82 Å². The maximum absolute atomic E-state index is 11.2. The summed E-state index contributed by atoms with van der Waals surface area (Å²) in [6.45, 7) is 2.54. The van der Waals surface area contributed by atoms with E-state index in [1.54, 1.807) is 12.1 Å². The van der Waals surface area contributed by atoms with E-state index in [9.17, 15) is 9.90 Å². The summed E-state index contributed by atoms with van der Waals surface area (Å²) in [6, 6.07) is 8.82. The summed E-state index contributed by atoms with van der Waals surface area (Å²) in [4.78, 5) is 15.7. The molecule has 0 spiro atoms. The first kappa shape index (κ1) is 13.8. The Bertz CT molecular complexity index is 651. The number of ether oxygens (including phenoxy) is 1. The molecule has 1 fully saturated rings. The van der Waals surface area contributed by atoms with Crippen LogP contribution in [0.3, 0.4) is 0 Å². The zero-order valence-corrected chi connectivity index (χ0v) is 11.7. The zero-order valence-electron chi connectivity index (χ0n) is 11.7. The number of carbonyl (C=O) groups is 1. The minimum absolute atomic E-state index is 0.288. The largest absolute Gasteiger partial charge is 0.478 e. The monoisotopic (exact) mass is 286 g/mol. The highest BCUT2D eigenvalue weighted by Gasteiger charge is 2.14. The number of aromatic nitrogens is 1. The Kier molecular flexibility index (Phi) is 4.01. The Balaban J connectivity index is 1.76. The lowest BCUT2D eigenvalue weighted by atomic mass is 10.0. The fourth-order valence-electron chi connectivity index (χ4n) is 2.64. The molecule has 2 heterocycles. The first-order valence-electron chi connectivity index (χ1n) is 7.19. The van der Waals surface area contributed by atoms with Gasteiger partial charge in [-0.3, -0.25) is 0 Å². The maximum Gasteiger partial charge on any atom is 0.336 e. The fourth-order valence-corrected chi connectivity index (χ4v) is 2.64. The minimum Gasteiger partial charge on any atom is -0.478 e.